The second-order valence-electron chi connectivity index (χ2n) is 15.0. The summed E-state index contributed by atoms with van der Waals surface area (Å²) in [6.07, 6.45) is -1.19. The molecule has 21 heteroatoms. The van der Waals surface area contributed by atoms with Crippen LogP contribution in [0.3, 0.4) is 0 Å². The summed E-state index contributed by atoms with van der Waals surface area (Å²) < 4.78 is 47.3. The number of nitrogens with zero attached hydrogens (tertiary/aromatic N) is 3. The second-order valence-corrected chi connectivity index (χ2v) is 17.1. The number of esters is 4. The summed E-state index contributed by atoms with van der Waals surface area (Å²) in [5, 5.41) is 7.96. The molecule has 2 heterocycles. The van der Waals surface area contributed by atoms with Crippen LogP contribution in [0.1, 0.15) is 48.0 Å². The molecule has 2 unspecified atom stereocenters. The Morgan fingerprint density at radius 2 is 1.17 bits per heavy atom. The fraction of sp³-hybridized carbons (Fsp3) is 0.280. The SMILES string of the molecule is CCOC(=O)C1=NN(c2ccc(Cl)cc2Cl)C(C)(C(=O)OCC)C1.CCOC(=O)[C@@H](C)Oc1ccc(Oc2nc3ccc(Cl)cc3o2)cc1.COC(=O)C(C)Oc1ccc(Oc2ccc(Cl)cc2Cl)cc1. The van der Waals surface area contributed by atoms with Crippen molar-refractivity contribution in [3.8, 4) is 34.8 Å². The molecule has 5 aromatic carbocycles. The highest BCUT2D eigenvalue weighted by atomic mass is 35.5. The van der Waals surface area contributed by atoms with Crippen LogP contribution in [0.4, 0.5) is 5.69 Å². The van der Waals surface area contributed by atoms with Crippen molar-refractivity contribution in [2.45, 2.75) is 65.7 Å². The molecule has 1 aromatic heterocycles. The van der Waals surface area contributed by atoms with E-state index in [1.54, 1.807) is 145 Å². The van der Waals surface area contributed by atoms with Crippen LogP contribution in [0, 0.1) is 0 Å². The lowest BCUT2D eigenvalue weighted by Gasteiger charge is -2.32. The van der Waals surface area contributed by atoms with Crippen molar-refractivity contribution in [3.05, 3.63) is 128 Å². The number of anilines is 1. The highest BCUT2D eigenvalue weighted by Gasteiger charge is 2.49. The molecule has 0 radical (unpaired) electrons. The van der Waals surface area contributed by atoms with Crippen LogP contribution in [-0.4, -0.2) is 79.3 Å². The number of oxazole rings is 1. The van der Waals surface area contributed by atoms with Crippen LogP contribution >= 0.6 is 58.0 Å². The van der Waals surface area contributed by atoms with Gasteiger partial charge in [-0.2, -0.15) is 10.1 Å². The van der Waals surface area contributed by atoms with E-state index in [1.807, 2.05) is 0 Å². The lowest BCUT2D eigenvalue weighted by Crippen LogP contribution is -2.48. The zero-order valence-electron chi connectivity index (χ0n) is 39.3. The fourth-order valence-electron chi connectivity index (χ4n) is 6.22. The lowest BCUT2D eigenvalue weighted by molar-refractivity contribution is -0.150. The topological polar surface area (TPSA) is 184 Å². The van der Waals surface area contributed by atoms with Gasteiger partial charge in [-0.3, -0.25) is 0 Å². The van der Waals surface area contributed by atoms with E-state index >= 15 is 0 Å². The summed E-state index contributed by atoms with van der Waals surface area (Å²) in [6, 6.07) is 28.5. The number of hydrazone groups is 1. The molecule has 71 heavy (non-hydrogen) atoms. The Morgan fingerprint density at radius 1 is 0.648 bits per heavy atom. The first-order chi connectivity index (χ1) is 33.9. The standard InChI is InChI=1S/C18H16ClNO5.C16H18Cl2N2O4.C16H14Cl2O4/c1-3-22-17(21)11(2)23-13-5-7-14(8-6-13)24-18-20-15-9-4-12(19)10-16(15)25-18;1-4-23-14(21)12-9-16(3,15(22)24-5-2)20(19-12)13-7-6-10(17)8-11(13)18;1-10(16(19)20-2)21-12-4-6-13(7-5-12)22-15-8-3-11(17)9-14(15)18/h4-11H,3H2,1-2H3;6-8H,4-5,9H2,1-3H3;3-10H,1-2H3/t11-;;/m1../s1. The first-order valence-electron chi connectivity index (χ1n) is 21.7. The smallest absolute Gasteiger partial charge is 0.400 e. The molecule has 6 aromatic rings. The second kappa shape index (κ2) is 26.1. The Labute approximate surface area is 434 Å². The summed E-state index contributed by atoms with van der Waals surface area (Å²) in [7, 11) is 1.31. The van der Waals surface area contributed by atoms with Crippen LogP contribution in [0.15, 0.2) is 113 Å². The number of benzene rings is 5. The Bertz CT molecular complexity index is 2830. The minimum absolute atomic E-state index is 0.0591. The fourth-order valence-corrected chi connectivity index (χ4v) is 7.32. The number of carbonyl (C=O) groups is 4. The highest BCUT2D eigenvalue weighted by molar-refractivity contribution is 6.39. The molecule has 7 rings (SSSR count). The average molecular weight is 1080 g/mol. The maximum absolute atomic E-state index is 12.5. The number of carbonyl (C=O) groups excluding carboxylic acids is 4. The van der Waals surface area contributed by atoms with Crippen LogP contribution < -0.4 is 24.0 Å². The molecular weight excluding hydrogens is 1030 g/mol. The summed E-state index contributed by atoms with van der Waals surface area (Å²) >= 11 is 30.0. The predicted molar refractivity (Wildman–Crippen MR) is 270 cm³/mol. The quantitative estimate of drug-likeness (QED) is 0.0658. The van der Waals surface area contributed by atoms with Crippen LogP contribution in [0.25, 0.3) is 11.1 Å². The third kappa shape index (κ3) is 15.5. The van der Waals surface area contributed by atoms with E-state index in [0.29, 0.717) is 77.3 Å². The van der Waals surface area contributed by atoms with Crippen LogP contribution in [-0.2, 0) is 38.1 Å². The van der Waals surface area contributed by atoms with Gasteiger partial charge in [0.15, 0.2) is 23.3 Å². The number of hydrogen-bond donors (Lipinski definition) is 0. The molecule has 0 fully saturated rings. The summed E-state index contributed by atoms with van der Waals surface area (Å²) in [5.41, 5.74) is 0.595. The predicted octanol–water partition coefficient (Wildman–Crippen LogP) is 12.8. The maximum atomic E-state index is 12.5. The lowest BCUT2D eigenvalue weighted by atomic mass is 9.95. The van der Waals surface area contributed by atoms with Crippen molar-refractivity contribution in [2.75, 3.05) is 31.9 Å². The van der Waals surface area contributed by atoms with Gasteiger partial charge in [0.2, 0.25) is 0 Å². The Hall–Kier alpha value is -6.43. The number of ether oxygens (including phenoxy) is 8. The molecule has 0 N–H and O–H groups in total. The van der Waals surface area contributed by atoms with Crippen molar-refractivity contribution >= 4 is 104 Å². The van der Waals surface area contributed by atoms with E-state index in [9.17, 15) is 19.2 Å². The van der Waals surface area contributed by atoms with Gasteiger partial charge < -0.3 is 42.3 Å². The van der Waals surface area contributed by atoms with Crippen molar-refractivity contribution < 1.29 is 61.5 Å². The van der Waals surface area contributed by atoms with E-state index in [1.165, 1.54) is 12.1 Å². The third-order valence-electron chi connectivity index (χ3n) is 9.65. The molecule has 376 valence electrons. The van der Waals surface area contributed by atoms with E-state index in [2.05, 4.69) is 14.8 Å². The largest absolute Gasteiger partial charge is 0.479 e. The van der Waals surface area contributed by atoms with Crippen LogP contribution in [0.5, 0.6) is 34.8 Å². The van der Waals surface area contributed by atoms with Gasteiger partial charge in [-0.05, 0) is 139 Å². The Morgan fingerprint density at radius 3 is 1.73 bits per heavy atom. The molecule has 16 nitrogen and oxygen atoms in total. The van der Waals surface area contributed by atoms with Gasteiger partial charge in [0, 0.05) is 27.6 Å². The molecule has 0 spiro atoms. The van der Waals surface area contributed by atoms with E-state index in [0.717, 1.165) is 0 Å². The van der Waals surface area contributed by atoms with Crippen LogP contribution in [0.2, 0.25) is 25.1 Å². The normalized spacial score (nSPS) is 14.5. The van der Waals surface area contributed by atoms with E-state index in [-0.39, 0.29) is 31.4 Å². The first kappa shape index (κ1) is 55.5. The van der Waals surface area contributed by atoms with E-state index < -0.39 is 41.6 Å². The minimum Gasteiger partial charge on any atom is -0.479 e. The number of halogens is 5. The molecule has 0 saturated carbocycles. The average Bonchev–Trinajstić information content (AvgIpc) is 3.91. The molecule has 1 aliphatic heterocycles. The molecule has 0 aliphatic carbocycles. The monoisotopic (exact) mass is 1070 g/mol. The number of methoxy groups -OCH3 is 1. The van der Waals surface area contributed by atoms with Crippen molar-refractivity contribution in [3.63, 3.8) is 0 Å². The molecule has 0 saturated heterocycles. The van der Waals surface area contributed by atoms with E-state index in [4.69, 9.17) is 95.6 Å². The van der Waals surface area contributed by atoms with Gasteiger partial charge in [0.1, 0.15) is 40.0 Å². The van der Waals surface area contributed by atoms with Crippen molar-refractivity contribution in [2.24, 2.45) is 5.10 Å². The Balaban J connectivity index is 0.000000199. The van der Waals surface area contributed by atoms with Gasteiger partial charge in [0.25, 0.3) is 0 Å². The van der Waals surface area contributed by atoms with Crippen molar-refractivity contribution in [1.82, 2.24) is 4.98 Å². The van der Waals surface area contributed by atoms with Crippen molar-refractivity contribution in [1.29, 1.82) is 0 Å². The first-order valence-corrected chi connectivity index (χ1v) is 23.6. The molecule has 3 atom stereocenters. The van der Waals surface area contributed by atoms with Gasteiger partial charge >= 0.3 is 30.0 Å². The molecule has 0 bridgehead atoms. The summed E-state index contributed by atoms with van der Waals surface area (Å²) in [5.74, 6) is 0.754. The molecule has 1 aliphatic rings. The van der Waals surface area contributed by atoms with Gasteiger partial charge in [0.05, 0.1) is 42.7 Å². The number of fused-ring (bicyclic) bond motifs is 1. The van der Waals surface area contributed by atoms with Gasteiger partial charge in [-0.1, -0.05) is 58.0 Å². The summed E-state index contributed by atoms with van der Waals surface area (Å²) in [4.78, 5) is 51.6. The number of aromatic nitrogens is 1. The van der Waals surface area contributed by atoms with Gasteiger partial charge in [-0.25, -0.2) is 24.2 Å². The molecule has 0 amide bonds. The van der Waals surface area contributed by atoms with Gasteiger partial charge in [-0.15, -0.1) is 0 Å². The zero-order valence-corrected chi connectivity index (χ0v) is 43.1. The maximum Gasteiger partial charge on any atom is 0.400 e. The third-order valence-corrected chi connectivity index (χ3v) is 10.9. The molecular formula is C50H48Cl5N3O13. The summed E-state index contributed by atoms with van der Waals surface area (Å²) in [6.45, 7) is 10.8. The number of hydrogen-bond acceptors (Lipinski definition) is 16. The highest BCUT2D eigenvalue weighted by Crippen LogP contribution is 2.39. The Kier molecular flexibility index (Phi) is 20.4. The minimum atomic E-state index is -1.20. The number of rotatable bonds is 16. The zero-order chi connectivity index (χ0) is 51.8.